The maximum Gasteiger partial charge on any atom is 0.294 e. The van der Waals surface area contributed by atoms with Gasteiger partial charge in [0.15, 0.2) is 11.5 Å². The molecule has 1 aliphatic heterocycles. The van der Waals surface area contributed by atoms with E-state index in [9.17, 15) is 19.5 Å². The lowest BCUT2D eigenvalue weighted by Crippen LogP contribution is -2.33. The van der Waals surface area contributed by atoms with Gasteiger partial charge in [-0.25, -0.2) is 0 Å². The number of hydrogen-bond donors (Lipinski definition) is 1. The highest BCUT2D eigenvalue weighted by atomic mass is 32.1. The van der Waals surface area contributed by atoms with E-state index < -0.39 is 17.7 Å². The summed E-state index contributed by atoms with van der Waals surface area (Å²) in [6.45, 7) is 0. The number of aliphatic hydroxyl groups excluding tert-OH is 1. The minimum atomic E-state index is -0.891. The highest BCUT2D eigenvalue weighted by Crippen LogP contribution is 2.45. The molecule has 7 heteroatoms. The maximum absolute atomic E-state index is 13.7. The predicted octanol–water partition coefficient (Wildman–Crippen LogP) is 5.78. The van der Waals surface area contributed by atoms with E-state index in [0.29, 0.717) is 16.8 Å². The normalized spacial score (nSPS) is 18.2. The maximum atomic E-state index is 13.7. The first-order valence-electron chi connectivity index (χ1n) is 12.1. The van der Waals surface area contributed by atoms with Gasteiger partial charge in [-0.15, -0.1) is 0 Å². The lowest BCUT2D eigenvalue weighted by Gasteiger charge is -2.29. The minimum absolute atomic E-state index is 0.0906. The van der Waals surface area contributed by atoms with Crippen LogP contribution in [0.15, 0.2) is 76.7 Å². The molecule has 6 nitrogen and oxygen atoms in total. The summed E-state index contributed by atoms with van der Waals surface area (Å²) in [5.41, 5.74) is 3.65. The van der Waals surface area contributed by atoms with Crippen LogP contribution in [0.3, 0.4) is 0 Å². The van der Waals surface area contributed by atoms with E-state index in [1.807, 2.05) is 41.1 Å². The number of carbonyl (C=O) groups excluding carboxylic acids is 3. The van der Waals surface area contributed by atoms with Crippen LogP contribution in [0.1, 0.15) is 47.6 Å². The molecule has 2 aliphatic rings. The van der Waals surface area contributed by atoms with Gasteiger partial charge in [-0.3, -0.25) is 19.3 Å². The summed E-state index contributed by atoms with van der Waals surface area (Å²) in [7, 11) is 3.33. The summed E-state index contributed by atoms with van der Waals surface area (Å²) in [4.78, 5) is 43.2. The highest BCUT2D eigenvalue weighted by Gasteiger charge is 2.47. The molecule has 1 aromatic heterocycles. The Morgan fingerprint density at radius 1 is 0.972 bits per heavy atom. The largest absolute Gasteiger partial charge is 0.503 e. The van der Waals surface area contributed by atoms with Crippen LogP contribution >= 0.6 is 11.3 Å². The molecule has 1 N–H and O–H groups in total. The Labute approximate surface area is 214 Å². The molecule has 0 radical (unpaired) electrons. The van der Waals surface area contributed by atoms with Crippen LogP contribution in [0.2, 0.25) is 0 Å². The van der Waals surface area contributed by atoms with Crippen molar-refractivity contribution in [3.63, 3.8) is 0 Å². The number of ketones is 1. The molecule has 2 heterocycles. The molecule has 1 atom stereocenters. The zero-order valence-electron chi connectivity index (χ0n) is 20.3. The molecule has 1 saturated carbocycles. The van der Waals surface area contributed by atoms with Gasteiger partial charge < -0.3 is 10.0 Å². The molecule has 0 spiro atoms. The molecule has 3 aromatic rings. The Bertz CT molecular complexity index is 1340. The van der Waals surface area contributed by atoms with Crippen LogP contribution < -0.4 is 4.90 Å². The second-order valence-electron chi connectivity index (χ2n) is 9.53. The fourth-order valence-electron chi connectivity index (χ4n) is 5.24. The van der Waals surface area contributed by atoms with Crippen LogP contribution in [-0.2, 0) is 9.59 Å². The first kappa shape index (κ1) is 24.0. The lowest BCUT2D eigenvalue weighted by atomic mass is 9.86. The van der Waals surface area contributed by atoms with Crippen molar-refractivity contribution in [3.05, 3.63) is 87.8 Å². The summed E-state index contributed by atoms with van der Waals surface area (Å²) in [5.74, 6) is -1.81. The van der Waals surface area contributed by atoms with Gasteiger partial charge in [0, 0.05) is 31.3 Å². The van der Waals surface area contributed by atoms with E-state index in [4.69, 9.17) is 0 Å². The van der Waals surface area contributed by atoms with Gasteiger partial charge in [-0.2, -0.15) is 11.3 Å². The fourth-order valence-corrected chi connectivity index (χ4v) is 5.90. The van der Waals surface area contributed by atoms with Crippen LogP contribution in [0.25, 0.3) is 11.1 Å². The first-order valence-corrected chi connectivity index (χ1v) is 13.1. The number of rotatable bonds is 6. The first-order chi connectivity index (χ1) is 17.4. The van der Waals surface area contributed by atoms with Crippen molar-refractivity contribution in [1.82, 2.24) is 4.90 Å². The Kier molecular flexibility index (Phi) is 6.49. The quantitative estimate of drug-likeness (QED) is 0.466. The third kappa shape index (κ3) is 4.13. The summed E-state index contributed by atoms with van der Waals surface area (Å²) in [6, 6.07) is 15.6. The van der Waals surface area contributed by atoms with Crippen molar-refractivity contribution in [2.45, 2.75) is 31.7 Å². The highest BCUT2D eigenvalue weighted by molar-refractivity contribution is 7.08. The minimum Gasteiger partial charge on any atom is -0.503 e. The summed E-state index contributed by atoms with van der Waals surface area (Å²) in [6.07, 6.45) is 3.38. The number of aliphatic hydroxyl groups is 1. The number of benzene rings is 2. The molecular weight excluding hydrogens is 472 g/mol. The van der Waals surface area contributed by atoms with Crippen LogP contribution in [0.4, 0.5) is 5.69 Å². The molecule has 36 heavy (non-hydrogen) atoms. The summed E-state index contributed by atoms with van der Waals surface area (Å²) < 4.78 is 0. The van der Waals surface area contributed by atoms with Gasteiger partial charge in [-0.05, 0) is 64.6 Å². The summed E-state index contributed by atoms with van der Waals surface area (Å²) >= 11 is 1.61. The molecule has 1 fully saturated rings. The Hall–Kier alpha value is -3.71. The van der Waals surface area contributed by atoms with Crippen molar-refractivity contribution >= 4 is 34.6 Å². The van der Waals surface area contributed by atoms with Crippen LogP contribution in [-0.4, -0.2) is 41.7 Å². The molecule has 2 aromatic carbocycles. The lowest BCUT2D eigenvalue weighted by molar-refractivity contribution is -0.120. The molecule has 1 unspecified atom stereocenters. The molecule has 1 aliphatic carbocycles. The van der Waals surface area contributed by atoms with Crippen molar-refractivity contribution in [2.75, 3.05) is 19.0 Å². The monoisotopic (exact) mass is 500 g/mol. The zero-order valence-corrected chi connectivity index (χ0v) is 21.1. The SMILES string of the molecule is CN(C)C(=O)c1ccccc1C1C(C(=O)C2CCCC2)=C(O)C(=O)N1c1ccc(-c2ccsc2)cc1. The standard InChI is InChI=1S/C29H28N2O4S/c1-30(2)28(34)23-10-6-5-9-22(23)25-24(26(32)19-7-3-4-8-19)27(33)29(35)31(25)21-13-11-18(12-14-21)20-15-16-36-17-20/h5-6,9-17,19,25,33H,3-4,7-8H2,1-2H3. The average molecular weight is 501 g/mol. The Morgan fingerprint density at radius 2 is 1.67 bits per heavy atom. The molecule has 184 valence electrons. The number of anilines is 1. The number of nitrogens with zero attached hydrogens (tertiary/aromatic N) is 2. The predicted molar refractivity (Wildman–Crippen MR) is 141 cm³/mol. The van der Waals surface area contributed by atoms with Crippen molar-refractivity contribution in [3.8, 4) is 11.1 Å². The van der Waals surface area contributed by atoms with Crippen molar-refractivity contribution < 1.29 is 19.5 Å². The van der Waals surface area contributed by atoms with E-state index in [2.05, 4.69) is 0 Å². The number of Topliss-reactive ketones (excluding diaryl/α,β-unsaturated/α-hetero) is 1. The number of amides is 2. The Balaban J connectivity index is 1.64. The molecule has 0 bridgehead atoms. The van der Waals surface area contributed by atoms with E-state index in [0.717, 1.165) is 36.8 Å². The van der Waals surface area contributed by atoms with E-state index in [-0.39, 0.29) is 23.2 Å². The van der Waals surface area contributed by atoms with E-state index in [1.54, 1.807) is 49.7 Å². The third-order valence-corrected chi connectivity index (χ3v) is 7.77. The van der Waals surface area contributed by atoms with Gasteiger partial charge >= 0.3 is 0 Å². The third-order valence-electron chi connectivity index (χ3n) is 7.09. The van der Waals surface area contributed by atoms with Gasteiger partial charge in [0.2, 0.25) is 0 Å². The second-order valence-corrected chi connectivity index (χ2v) is 10.3. The van der Waals surface area contributed by atoms with Gasteiger partial charge in [-0.1, -0.05) is 43.2 Å². The summed E-state index contributed by atoms with van der Waals surface area (Å²) in [5, 5.41) is 15.1. The van der Waals surface area contributed by atoms with E-state index >= 15 is 0 Å². The zero-order chi connectivity index (χ0) is 25.4. The fraction of sp³-hybridized carbons (Fsp3) is 0.276. The molecule has 0 saturated heterocycles. The molecule has 2 amide bonds. The van der Waals surface area contributed by atoms with Crippen molar-refractivity contribution in [1.29, 1.82) is 0 Å². The number of carbonyl (C=O) groups is 3. The average Bonchev–Trinajstić information content (AvgIpc) is 3.66. The van der Waals surface area contributed by atoms with Gasteiger partial charge in [0.1, 0.15) is 0 Å². The van der Waals surface area contributed by atoms with E-state index in [1.165, 1.54) is 9.80 Å². The topological polar surface area (TPSA) is 77.9 Å². The molecule has 5 rings (SSSR count). The molecular formula is C29H28N2O4S. The number of thiophene rings is 1. The smallest absolute Gasteiger partial charge is 0.294 e. The van der Waals surface area contributed by atoms with Crippen molar-refractivity contribution in [2.24, 2.45) is 5.92 Å². The van der Waals surface area contributed by atoms with Gasteiger partial charge in [0.25, 0.3) is 11.8 Å². The number of hydrogen-bond acceptors (Lipinski definition) is 5. The Morgan fingerprint density at radius 3 is 2.31 bits per heavy atom. The second kappa shape index (κ2) is 9.74. The van der Waals surface area contributed by atoms with Crippen LogP contribution in [0.5, 0.6) is 0 Å². The van der Waals surface area contributed by atoms with Crippen LogP contribution in [0, 0.1) is 5.92 Å². The van der Waals surface area contributed by atoms with Gasteiger partial charge in [0.05, 0.1) is 11.6 Å².